The lowest BCUT2D eigenvalue weighted by molar-refractivity contribution is -0.164. The molecule has 1 aromatic carbocycles. The average Bonchev–Trinajstić information content (AvgIpc) is 2.04. The van der Waals surface area contributed by atoms with Crippen LogP contribution in [0.15, 0.2) is 12.1 Å². The Morgan fingerprint density at radius 1 is 0.812 bits per heavy atom. The van der Waals surface area contributed by atoms with Gasteiger partial charge < -0.3 is 5.11 Å². The zero-order valence-corrected chi connectivity index (χ0v) is 7.25. The van der Waals surface area contributed by atoms with Gasteiger partial charge in [-0.15, -0.1) is 0 Å². The number of phenolic OH excluding ortho intramolecular Hbond substituents is 1. The molecule has 16 heavy (non-hydrogen) atoms. The standard InChI is InChI=1S/C8H3F7O/c9-3-1-2-4(16)6(8(13,14)15)5(3)7(10,11)12/h1-2,16H. The quantitative estimate of drug-likeness (QED) is 0.696. The van der Waals surface area contributed by atoms with Gasteiger partial charge in [-0.3, -0.25) is 0 Å². The van der Waals surface area contributed by atoms with Crippen LogP contribution in [0.1, 0.15) is 11.1 Å². The number of alkyl halides is 6. The Bertz CT molecular complexity index is 365. The van der Waals surface area contributed by atoms with Crippen LogP contribution in [0.2, 0.25) is 0 Å². The highest BCUT2D eigenvalue weighted by Crippen LogP contribution is 2.45. The third kappa shape index (κ3) is 2.20. The second-order valence-electron chi connectivity index (χ2n) is 2.81. The molecule has 90 valence electrons. The predicted molar refractivity (Wildman–Crippen MR) is 38.1 cm³/mol. The number of hydrogen-bond donors (Lipinski definition) is 1. The molecule has 0 fully saturated rings. The molecule has 0 saturated carbocycles. The van der Waals surface area contributed by atoms with Gasteiger partial charge in [-0.25, -0.2) is 4.39 Å². The van der Waals surface area contributed by atoms with E-state index in [1.807, 2.05) is 0 Å². The number of benzene rings is 1. The van der Waals surface area contributed by atoms with Gasteiger partial charge in [0.05, 0.1) is 0 Å². The normalized spacial score (nSPS) is 12.9. The van der Waals surface area contributed by atoms with Crippen molar-refractivity contribution in [3.8, 4) is 5.75 Å². The summed E-state index contributed by atoms with van der Waals surface area (Å²) in [6, 6.07) is 0.334. The molecule has 0 amide bonds. The zero-order chi connectivity index (χ0) is 12.7. The molecule has 1 aromatic rings. The fourth-order valence-electron chi connectivity index (χ4n) is 1.13. The number of hydrogen-bond acceptors (Lipinski definition) is 1. The molecule has 8 heteroatoms. The minimum absolute atomic E-state index is 0.118. The summed E-state index contributed by atoms with van der Waals surface area (Å²) >= 11 is 0. The van der Waals surface area contributed by atoms with Crippen molar-refractivity contribution in [2.24, 2.45) is 0 Å². The van der Waals surface area contributed by atoms with Gasteiger partial charge in [0, 0.05) is 0 Å². The highest BCUT2D eigenvalue weighted by atomic mass is 19.4. The van der Waals surface area contributed by atoms with E-state index >= 15 is 0 Å². The topological polar surface area (TPSA) is 20.2 Å². The van der Waals surface area contributed by atoms with Gasteiger partial charge in [-0.2, -0.15) is 26.3 Å². The smallest absolute Gasteiger partial charge is 0.420 e. The first-order valence-corrected chi connectivity index (χ1v) is 3.71. The second kappa shape index (κ2) is 3.53. The summed E-state index contributed by atoms with van der Waals surface area (Å²) in [6.45, 7) is 0. The maximum absolute atomic E-state index is 12.7. The van der Waals surface area contributed by atoms with Gasteiger partial charge in [-0.05, 0) is 12.1 Å². The Morgan fingerprint density at radius 3 is 1.56 bits per heavy atom. The SMILES string of the molecule is Oc1ccc(F)c(C(F)(F)F)c1C(F)(F)F. The molecule has 1 N–H and O–H groups in total. The third-order valence-electron chi connectivity index (χ3n) is 1.70. The number of phenols is 1. The highest BCUT2D eigenvalue weighted by Gasteiger charge is 2.47. The summed E-state index contributed by atoms with van der Waals surface area (Å²) in [4.78, 5) is 0. The number of aromatic hydroxyl groups is 1. The largest absolute Gasteiger partial charge is 0.507 e. The second-order valence-corrected chi connectivity index (χ2v) is 2.81. The van der Waals surface area contributed by atoms with E-state index in [-0.39, 0.29) is 12.1 Å². The molecular weight excluding hydrogens is 245 g/mol. The van der Waals surface area contributed by atoms with Gasteiger partial charge in [0.25, 0.3) is 0 Å². The summed E-state index contributed by atoms with van der Waals surface area (Å²) in [6.07, 6.45) is -11.0. The lowest BCUT2D eigenvalue weighted by Gasteiger charge is -2.16. The molecule has 0 unspecified atom stereocenters. The van der Waals surface area contributed by atoms with E-state index in [1.165, 1.54) is 0 Å². The van der Waals surface area contributed by atoms with Crippen LogP contribution in [0, 0.1) is 5.82 Å². The van der Waals surface area contributed by atoms with E-state index in [0.29, 0.717) is 0 Å². The van der Waals surface area contributed by atoms with Crippen LogP contribution in [-0.2, 0) is 12.4 Å². The molecular formula is C8H3F7O. The molecule has 0 bridgehead atoms. The van der Waals surface area contributed by atoms with E-state index in [4.69, 9.17) is 5.11 Å². The highest BCUT2D eigenvalue weighted by molar-refractivity contribution is 5.43. The third-order valence-corrected chi connectivity index (χ3v) is 1.70. The Morgan fingerprint density at radius 2 is 1.25 bits per heavy atom. The van der Waals surface area contributed by atoms with Crippen LogP contribution in [-0.4, -0.2) is 5.11 Å². The van der Waals surface area contributed by atoms with Crippen molar-refractivity contribution in [1.82, 2.24) is 0 Å². The van der Waals surface area contributed by atoms with Crippen LogP contribution in [0.25, 0.3) is 0 Å². The Labute approximate surface area is 84.1 Å². The molecule has 0 aliphatic rings. The first-order chi connectivity index (χ1) is 7.05. The maximum Gasteiger partial charge on any atom is 0.420 e. The maximum atomic E-state index is 12.7. The molecule has 0 heterocycles. The van der Waals surface area contributed by atoms with Crippen LogP contribution in [0.4, 0.5) is 30.7 Å². The minimum atomic E-state index is -5.53. The molecule has 0 aliphatic carbocycles. The molecule has 0 aliphatic heterocycles. The Kier molecular flexibility index (Phi) is 2.78. The van der Waals surface area contributed by atoms with E-state index in [0.717, 1.165) is 0 Å². The van der Waals surface area contributed by atoms with Crippen LogP contribution >= 0.6 is 0 Å². The lowest BCUT2D eigenvalue weighted by atomic mass is 10.0. The average molecular weight is 248 g/mol. The summed E-state index contributed by atoms with van der Waals surface area (Å²) in [5.74, 6) is -3.75. The minimum Gasteiger partial charge on any atom is -0.507 e. The first-order valence-electron chi connectivity index (χ1n) is 3.71. The summed E-state index contributed by atoms with van der Waals surface area (Å²) in [5, 5.41) is 8.73. The Balaban J connectivity index is 3.64. The summed E-state index contributed by atoms with van der Waals surface area (Å²) in [7, 11) is 0. The molecule has 0 aromatic heterocycles. The van der Waals surface area contributed by atoms with E-state index < -0.39 is 35.0 Å². The van der Waals surface area contributed by atoms with Crippen molar-refractivity contribution in [2.45, 2.75) is 12.4 Å². The number of rotatable bonds is 0. The molecule has 1 nitrogen and oxygen atoms in total. The van der Waals surface area contributed by atoms with E-state index in [1.54, 1.807) is 0 Å². The van der Waals surface area contributed by atoms with Gasteiger partial charge in [0.15, 0.2) is 0 Å². The van der Waals surface area contributed by atoms with Crippen LogP contribution in [0.3, 0.4) is 0 Å². The van der Waals surface area contributed by atoms with Crippen molar-refractivity contribution >= 4 is 0 Å². The predicted octanol–water partition coefficient (Wildman–Crippen LogP) is 3.57. The fourth-order valence-corrected chi connectivity index (χ4v) is 1.13. The number of halogens is 7. The van der Waals surface area contributed by atoms with Gasteiger partial charge in [-0.1, -0.05) is 0 Å². The molecule has 0 spiro atoms. The van der Waals surface area contributed by atoms with Gasteiger partial charge in [0.1, 0.15) is 22.7 Å². The van der Waals surface area contributed by atoms with Crippen LogP contribution < -0.4 is 0 Å². The van der Waals surface area contributed by atoms with Crippen molar-refractivity contribution in [3.05, 3.63) is 29.1 Å². The van der Waals surface area contributed by atoms with Crippen molar-refractivity contribution in [3.63, 3.8) is 0 Å². The zero-order valence-electron chi connectivity index (χ0n) is 7.25. The molecule has 0 radical (unpaired) electrons. The van der Waals surface area contributed by atoms with Crippen molar-refractivity contribution in [1.29, 1.82) is 0 Å². The van der Waals surface area contributed by atoms with Crippen LogP contribution in [0.5, 0.6) is 5.75 Å². The summed E-state index contributed by atoms with van der Waals surface area (Å²) < 4.78 is 85.8. The van der Waals surface area contributed by atoms with Gasteiger partial charge in [0.2, 0.25) is 0 Å². The monoisotopic (exact) mass is 248 g/mol. The Hall–Kier alpha value is -1.47. The molecule has 0 atom stereocenters. The van der Waals surface area contributed by atoms with Gasteiger partial charge >= 0.3 is 12.4 Å². The first kappa shape index (κ1) is 12.6. The lowest BCUT2D eigenvalue weighted by Crippen LogP contribution is -2.18. The summed E-state index contributed by atoms with van der Waals surface area (Å²) in [5.41, 5.74) is -4.93. The van der Waals surface area contributed by atoms with E-state index in [9.17, 15) is 30.7 Å². The van der Waals surface area contributed by atoms with E-state index in [2.05, 4.69) is 0 Å². The molecule has 1 rings (SSSR count). The van der Waals surface area contributed by atoms with Crippen molar-refractivity contribution < 1.29 is 35.8 Å². The molecule has 0 saturated heterocycles. The fraction of sp³-hybridized carbons (Fsp3) is 0.250. The van der Waals surface area contributed by atoms with Crippen molar-refractivity contribution in [2.75, 3.05) is 0 Å².